The van der Waals surface area contributed by atoms with Gasteiger partial charge in [-0.05, 0) is 35.9 Å². The summed E-state index contributed by atoms with van der Waals surface area (Å²) in [6, 6.07) is 12.7. The van der Waals surface area contributed by atoms with E-state index in [1.54, 1.807) is 7.11 Å². The first-order valence-corrected chi connectivity index (χ1v) is 8.35. The van der Waals surface area contributed by atoms with E-state index in [9.17, 15) is 0 Å². The summed E-state index contributed by atoms with van der Waals surface area (Å²) in [6.07, 6.45) is 1.26. The molecule has 3 rings (SSSR count). The van der Waals surface area contributed by atoms with Gasteiger partial charge >= 0.3 is 0 Å². The number of thiophene rings is 1. The molecular formula is C17H22N2OS. The fourth-order valence-electron chi connectivity index (χ4n) is 2.85. The van der Waals surface area contributed by atoms with E-state index in [0.29, 0.717) is 0 Å². The molecule has 1 atom stereocenters. The minimum Gasteiger partial charge on any atom is -0.497 e. The number of nitrogens with one attached hydrogen (secondary N) is 1. The molecule has 1 aromatic heterocycles. The number of ether oxygens (including phenoxy) is 1. The summed E-state index contributed by atoms with van der Waals surface area (Å²) in [5.74, 6) is 1.67. The van der Waals surface area contributed by atoms with Gasteiger partial charge < -0.3 is 15.0 Å². The van der Waals surface area contributed by atoms with Crippen LogP contribution in [-0.4, -0.2) is 26.7 Å². The molecule has 2 heterocycles. The first kappa shape index (κ1) is 14.4. The van der Waals surface area contributed by atoms with Gasteiger partial charge in [-0.1, -0.05) is 12.1 Å². The largest absolute Gasteiger partial charge is 0.497 e. The fourth-order valence-corrected chi connectivity index (χ4v) is 3.53. The van der Waals surface area contributed by atoms with E-state index in [1.807, 2.05) is 17.4 Å². The van der Waals surface area contributed by atoms with Crippen molar-refractivity contribution in [3.8, 4) is 5.75 Å². The summed E-state index contributed by atoms with van der Waals surface area (Å²) >= 11 is 1.82. The zero-order valence-corrected chi connectivity index (χ0v) is 13.2. The van der Waals surface area contributed by atoms with Crippen LogP contribution in [0.15, 0.2) is 41.8 Å². The molecule has 1 saturated heterocycles. The molecule has 0 aliphatic carbocycles. The van der Waals surface area contributed by atoms with Crippen LogP contribution in [0.2, 0.25) is 0 Å². The van der Waals surface area contributed by atoms with Crippen molar-refractivity contribution in [2.75, 3.05) is 31.6 Å². The topological polar surface area (TPSA) is 24.5 Å². The number of hydrogen-bond acceptors (Lipinski definition) is 4. The van der Waals surface area contributed by atoms with Crippen molar-refractivity contribution in [1.29, 1.82) is 0 Å². The first-order chi connectivity index (χ1) is 10.3. The molecule has 0 bridgehead atoms. The van der Waals surface area contributed by atoms with Crippen LogP contribution in [0, 0.1) is 5.92 Å². The lowest BCUT2D eigenvalue weighted by molar-refractivity contribution is 0.415. The Morgan fingerprint density at radius 2 is 2.29 bits per heavy atom. The molecule has 0 spiro atoms. The normalized spacial score (nSPS) is 18.1. The Morgan fingerprint density at radius 3 is 3.10 bits per heavy atom. The Morgan fingerprint density at radius 1 is 1.33 bits per heavy atom. The Labute approximate surface area is 130 Å². The maximum atomic E-state index is 5.31. The molecular weight excluding hydrogens is 280 g/mol. The van der Waals surface area contributed by atoms with E-state index in [1.165, 1.54) is 17.0 Å². The van der Waals surface area contributed by atoms with Gasteiger partial charge in [0.25, 0.3) is 0 Å². The standard InChI is InChI=1S/C17H22N2OS/c1-20-16-5-2-4-15(10-16)19-8-7-14(13-19)11-18-12-17-6-3-9-21-17/h2-6,9-10,14,18H,7-8,11-13H2,1H3. The Hall–Kier alpha value is -1.52. The van der Waals surface area contributed by atoms with Gasteiger partial charge in [-0.25, -0.2) is 0 Å². The quantitative estimate of drug-likeness (QED) is 0.885. The molecule has 1 aromatic carbocycles. The molecule has 4 heteroatoms. The van der Waals surface area contributed by atoms with Crippen molar-refractivity contribution in [3.63, 3.8) is 0 Å². The predicted octanol–water partition coefficient (Wildman–Crippen LogP) is 3.37. The molecule has 1 unspecified atom stereocenters. The second kappa shape index (κ2) is 6.96. The SMILES string of the molecule is COc1cccc(N2CCC(CNCc3cccs3)C2)c1. The minimum atomic E-state index is 0.733. The van der Waals surface area contributed by atoms with E-state index in [0.717, 1.165) is 37.8 Å². The highest BCUT2D eigenvalue weighted by molar-refractivity contribution is 7.09. The van der Waals surface area contributed by atoms with E-state index < -0.39 is 0 Å². The lowest BCUT2D eigenvalue weighted by Crippen LogP contribution is -2.26. The highest BCUT2D eigenvalue weighted by atomic mass is 32.1. The summed E-state index contributed by atoms with van der Waals surface area (Å²) in [5, 5.41) is 5.72. The molecule has 2 aromatic rings. The summed E-state index contributed by atoms with van der Waals surface area (Å²) < 4.78 is 5.31. The maximum absolute atomic E-state index is 5.31. The molecule has 3 nitrogen and oxygen atoms in total. The molecule has 0 radical (unpaired) electrons. The van der Waals surface area contributed by atoms with E-state index in [-0.39, 0.29) is 0 Å². The van der Waals surface area contributed by atoms with E-state index in [4.69, 9.17) is 4.74 Å². The number of nitrogens with zero attached hydrogens (tertiary/aromatic N) is 1. The Balaban J connectivity index is 1.48. The summed E-state index contributed by atoms with van der Waals surface area (Å²) in [7, 11) is 1.72. The molecule has 1 fully saturated rings. The van der Waals surface area contributed by atoms with Crippen molar-refractivity contribution < 1.29 is 4.74 Å². The van der Waals surface area contributed by atoms with E-state index in [2.05, 4.69) is 45.9 Å². The van der Waals surface area contributed by atoms with Gasteiger partial charge in [-0.3, -0.25) is 0 Å². The van der Waals surface area contributed by atoms with Gasteiger partial charge in [-0.2, -0.15) is 0 Å². The van der Waals surface area contributed by atoms with Gasteiger partial charge in [0.05, 0.1) is 7.11 Å². The smallest absolute Gasteiger partial charge is 0.120 e. The van der Waals surface area contributed by atoms with Crippen LogP contribution < -0.4 is 15.0 Å². The van der Waals surface area contributed by atoms with Crippen LogP contribution in [0.5, 0.6) is 5.75 Å². The van der Waals surface area contributed by atoms with Crippen LogP contribution in [0.25, 0.3) is 0 Å². The molecule has 1 N–H and O–H groups in total. The van der Waals surface area contributed by atoms with Crippen LogP contribution in [0.4, 0.5) is 5.69 Å². The van der Waals surface area contributed by atoms with Gasteiger partial charge in [0.2, 0.25) is 0 Å². The second-order valence-electron chi connectivity index (χ2n) is 5.51. The third-order valence-corrected chi connectivity index (χ3v) is 4.89. The lowest BCUT2D eigenvalue weighted by Gasteiger charge is -2.19. The molecule has 112 valence electrons. The zero-order chi connectivity index (χ0) is 14.5. The average Bonchev–Trinajstić information content (AvgIpc) is 3.19. The van der Waals surface area contributed by atoms with Gasteiger partial charge in [0.1, 0.15) is 5.75 Å². The minimum absolute atomic E-state index is 0.733. The van der Waals surface area contributed by atoms with Crippen LogP contribution in [-0.2, 0) is 6.54 Å². The number of anilines is 1. The van der Waals surface area contributed by atoms with Crippen molar-refractivity contribution in [2.45, 2.75) is 13.0 Å². The third-order valence-electron chi connectivity index (χ3n) is 4.02. The first-order valence-electron chi connectivity index (χ1n) is 7.47. The summed E-state index contributed by atoms with van der Waals surface area (Å²) in [6.45, 7) is 4.36. The third kappa shape index (κ3) is 3.77. The maximum Gasteiger partial charge on any atom is 0.120 e. The fraction of sp³-hybridized carbons (Fsp3) is 0.412. The molecule has 0 saturated carbocycles. The van der Waals surface area contributed by atoms with Crippen molar-refractivity contribution in [2.24, 2.45) is 5.92 Å². The van der Waals surface area contributed by atoms with Crippen molar-refractivity contribution in [3.05, 3.63) is 46.7 Å². The van der Waals surface area contributed by atoms with Gasteiger partial charge in [0, 0.05) is 42.8 Å². The second-order valence-corrected chi connectivity index (χ2v) is 6.54. The highest BCUT2D eigenvalue weighted by Crippen LogP contribution is 2.26. The Bertz CT molecular complexity index is 556. The number of methoxy groups -OCH3 is 1. The van der Waals surface area contributed by atoms with Crippen molar-refractivity contribution >= 4 is 17.0 Å². The number of rotatable bonds is 6. The molecule has 0 amide bonds. The van der Waals surface area contributed by atoms with Gasteiger partial charge in [-0.15, -0.1) is 11.3 Å². The van der Waals surface area contributed by atoms with Crippen LogP contribution in [0.3, 0.4) is 0 Å². The average molecular weight is 302 g/mol. The number of hydrogen-bond donors (Lipinski definition) is 1. The molecule has 21 heavy (non-hydrogen) atoms. The monoisotopic (exact) mass is 302 g/mol. The van der Waals surface area contributed by atoms with E-state index >= 15 is 0 Å². The predicted molar refractivity (Wildman–Crippen MR) is 89.3 cm³/mol. The number of benzene rings is 1. The Kier molecular flexibility index (Phi) is 4.78. The lowest BCUT2D eigenvalue weighted by atomic mass is 10.1. The highest BCUT2D eigenvalue weighted by Gasteiger charge is 2.22. The summed E-state index contributed by atoms with van der Waals surface area (Å²) in [5.41, 5.74) is 1.27. The summed E-state index contributed by atoms with van der Waals surface area (Å²) in [4.78, 5) is 3.87. The zero-order valence-electron chi connectivity index (χ0n) is 12.4. The molecule has 1 aliphatic rings. The van der Waals surface area contributed by atoms with Gasteiger partial charge in [0.15, 0.2) is 0 Å². The van der Waals surface area contributed by atoms with Crippen LogP contribution >= 0.6 is 11.3 Å². The molecule has 1 aliphatic heterocycles. The van der Waals surface area contributed by atoms with Crippen LogP contribution in [0.1, 0.15) is 11.3 Å². The van der Waals surface area contributed by atoms with Crippen molar-refractivity contribution in [1.82, 2.24) is 5.32 Å².